The van der Waals surface area contributed by atoms with E-state index in [9.17, 15) is 30.8 Å². The lowest BCUT2D eigenvalue weighted by molar-refractivity contribution is -0.253. The maximum atomic E-state index is 15.7. The SMILES string of the molecule is COc1cc2c(cc1Cl)C(CCCN1CCN(C)CC1)(c1ccccc1F)C(=O)N2S(=O)(=O)c1ccc(OC(F)(F)C(F)F)cc1. The van der Waals surface area contributed by atoms with Crippen LogP contribution in [-0.4, -0.2) is 83.5 Å². The summed E-state index contributed by atoms with van der Waals surface area (Å²) in [6.07, 6.45) is -8.52. The number of carbonyl (C=O) groups excluding carboxylic acids is 1. The number of rotatable bonds is 11. The van der Waals surface area contributed by atoms with Gasteiger partial charge in [-0.2, -0.15) is 17.6 Å². The standard InChI is InChI=1S/C31H31ClF5N3O5S/c1-38-14-16-39(17-15-38)13-5-12-30(22-6-3-4-7-25(22)33)23-18-24(32)27(44-2)19-26(23)40(29(30)41)46(42,43)21-10-8-20(9-11-21)45-31(36,37)28(34)35/h3-4,6-11,18-19,28H,5,12-17H2,1-2H3. The molecule has 0 spiro atoms. The second-order valence-electron chi connectivity index (χ2n) is 11.1. The predicted molar refractivity (Wildman–Crippen MR) is 161 cm³/mol. The number of fused-ring (bicyclic) bond motifs is 1. The van der Waals surface area contributed by atoms with E-state index in [4.69, 9.17) is 16.3 Å². The summed E-state index contributed by atoms with van der Waals surface area (Å²) in [5.74, 6) is -2.38. The molecule has 2 aliphatic heterocycles. The molecule has 0 radical (unpaired) electrons. The van der Waals surface area contributed by atoms with E-state index in [1.54, 1.807) is 6.07 Å². The number of methoxy groups -OCH3 is 1. The molecular formula is C31H31ClF5N3O5S. The van der Waals surface area contributed by atoms with Crippen LogP contribution in [0.4, 0.5) is 27.6 Å². The molecule has 248 valence electrons. The van der Waals surface area contributed by atoms with Gasteiger partial charge in [0.05, 0.1) is 22.7 Å². The minimum Gasteiger partial charge on any atom is -0.495 e. The van der Waals surface area contributed by atoms with Crippen molar-refractivity contribution in [2.24, 2.45) is 0 Å². The van der Waals surface area contributed by atoms with Crippen LogP contribution in [0, 0.1) is 5.82 Å². The zero-order valence-electron chi connectivity index (χ0n) is 24.9. The monoisotopic (exact) mass is 687 g/mol. The second kappa shape index (κ2) is 13.0. The summed E-state index contributed by atoms with van der Waals surface area (Å²) >= 11 is 6.51. The highest BCUT2D eigenvalue weighted by molar-refractivity contribution is 7.93. The molecule has 1 unspecified atom stereocenters. The van der Waals surface area contributed by atoms with Crippen LogP contribution in [0.3, 0.4) is 0 Å². The number of hydrogen-bond acceptors (Lipinski definition) is 7. The zero-order chi connectivity index (χ0) is 33.4. The molecule has 1 fully saturated rings. The Morgan fingerprint density at radius 2 is 1.65 bits per heavy atom. The van der Waals surface area contributed by atoms with E-state index >= 15 is 4.39 Å². The minimum atomic E-state index is -4.82. The molecule has 8 nitrogen and oxygen atoms in total. The van der Waals surface area contributed by atoms with Gasteiger partial charge in [0.1, 0.15) is 22.7 Å². The van der Waals surface area contributed by atoms with Crippen molar-refractivity contribution in [3.8, 4) is 11.5 Å². The Labute approximate surface area is 268 Å². The number of anilines is 1. The molecule has 3 aromatic carbocycles. The molecule has 5 rings (SSSR count). The number of hydrogen-bond donors (Lipinski definition) is 0. The van der Waals surface area contributed by atoms with Crippen molar-refractivity contribution in [2.75, 3.05) is 51.2 Å². The molecule has 0 N–H and O–H groups in total. The van der Waals surface area contributed by atoms with Crippen molar-refractivity contribution in [3.63, 3.8) is 0 Å². The number of benzene rings is 3. The number of piperazine rings is 1. The third kappa shape index (κ3) is 6.15. The number of likely N-dealkylation sites (N-methyl/N-ethyl adjacent to an activating group) is 1. The van der Waals surface area contributed by atoms with E-state index < -0.39 is 50.3 Å². The molecule has 2 aliphatic rings. The Morgan fingerprint density at radius 3 is 2.26 bits per heavy atom. The highest BCUT2D eigenvalue weighted by Crippen LogP contribution is 2.53. The fraction of sp³-hybridized carbons (Fsp3) is 0.387. The van der Waals surface area contributed by atoms with Crippen molar-refractivity contribution in [2.45, 2.75) is 35.7 Å². The highest BCUT2D eigenvalue weighted by Gasteiger charge is 2.57. The van der Waals surface area contributed by atoms with Crippen LogP contribution in [0.15, 0.2) is 65.6 Å². The Kier molecular flexibility index (Phi) is 9.56. The molecule has 46 heavy (non-hydrogen) atoms. The van der Waals surface area contributed by atoms with Gasteiger partial charge in [0.2, 0.25) is 0 Å². The largest absolute Gasteiger partial charge is 0.495 e. The quantitative estimate of drug-likeness (QED) is 0.237. The number of alkyl halides is 4. The molecule has 0 aromatic heterocycles. The molecule has 3 aromatic rings. The van der Waals surface area contributed by atoms with Gasteiger partial charge >= 0.3 is 12.5 Å². The summed E-state index contributed by atoms with van der Waals surface area (Å²) in [5, 5.41) is 0.0644. The Bertz CT molecular complexity index is 1710. The van der Waals surface area contributed by atoms with E-state index in [1.807, 2.05) is 7.05 Å². The van der Waals surface area contributed by atoms with Gasteiger partial charge in [0.25, 0.3) is 15.9 Å². The molecule has 0 bridgehead atoms. The molecule has 0 aliphatic carbocycles. The molecule has 15 heteroatoms. The summed E-state index contributed by atoms with van der Waals surface area (Å²) in [7, 11) is -1.48. The van der Waals surface area contributed by atoms with Gasteiger partial charge in [-0.25, -0.2) is 17.1 Å². The van der Waals surface area contributed by atoms with Crippen LogP contribution in [0.25, 0.3) is 0 Å². The highest BCUT2D eigenvalue weighted by atomic mass is 35.5. The van der Waals surface area contributed by atoms with Gasteiger partial charge in [-0.1, -0.05) is 29.8 Å². The maximum absolute atomic E-state index is 15.7. The fourth-order valence-electron chi connectivity index (χ4n) is 5.92. The average Bonchev–Trinajstić information content (AvgIpc) is 3.25. The van der Waals surface area contributed by atoms with Crippen molar-refractivity contribution >= 4 is 33.2 Å². The molecular weight excluding hydrogens is 657 g/mol. The number of halogens is 6. The minimum absolute atomic E-state index is 0.0241. The Morgan fingerprint density at radius 1 is 1.00 bits per heavy atom. The van der Waals surface area contributed by atoms with E-state index in [-0.39, 0.29) is 34.0 Å². The van der Waals surface area contributed by atoms with Gasteiger partial charge in [0, 0.05) is 37.8 Å². The van der Waals surface area contributed by atoms with Gasteiger partial charge in [-0.3, -0.25) is 4.79 Å². The smallest absolute Gasteiger partial charge is 0.461 e. The summed E-state index contributed by atoms with van der Waals surface area (Å²) in [5.41, 5.74) is -1.85. The van der Waals surface area contributed by atoms with Gasteiger partial charge in [-0.15, -0.1) is 0 Å². The fourth-order valence-corrected chi connectivity index (χ4v) is 7.63. The van der Waals surface area contributed by atoms with Crippen LogP contribution >= 0.6 is 11.6 Å². The van der Waals surface area contributed by atoms with Crippen molar-refractivity contribution < 1.29 is 44.6 Å². The topological polar surface area (TPSA) is 79.4 Å². The molecule has 1 amide bonds. The number of carbonyl (C=O) groups is 1. The number of sulfonamides is 1. The van der Waals surface area contributed by atoms with Crippen molar-refractivity contribution in [3.05, 3.63) is 82.6 Å². The van der Waals surface area contributed by atoms with Crippen LogP contribution in [-0.2, 0) is 20.2 Å². The number of nitrogens with zero attached hydrogens (tertiary/aromatic N) is 3. The normalized spacial score (nSPS) is 19.5. The van der Waals surface area contributed by atoms with Crippen LogP contribution < -0.4 is 13.8 Å². The lowest BCUT2D eigenvalue weighted by atomic mass is 9.72. The lowest BCUT2D eigenvalue weighted by Gasteiger charge is -2.34. The Hall–Kier alpha value is -3.46. The van der Waals surface area contributed by atoms with Crippen LogP contribution in [0.2, 0.25) is 5.02 Å². The van der Waals surface area contributed by atoms with E-state index in [0.717, 1.165) is 50.4 Å². The first-order valence-corrected chi connectivity index (χ1v) is 16.1. The average molecular weight is 688 g/mol. The van der Waals surface area contributed by atoms with Gasteiger partial charge < -0.3 is 19.3 Å². The molecule has 2 heterocycles. The van der Waals surface area contributed by atoms with E-state index in [1.165, 1.54) is 37.4 Å². The molecule has 1 atom stereocenters. The third-order valence-corrected chi connectivity index (χ3v) is 10.3. The second-order valence-corrected chi connectivity index (χ2v) is 13.3. The van der Waals surface area contributed by atoms with Crippen LogP contribution in [0.5, 0.6) is 11.5 Å². The van der Waals surface area contributed by atoms with E-state index in [2.05, 4.69) is 14.5 Å². The van der Waals surface area contributed by atoms with E-state index in [0.29, 0.717) is 17.3 Å². The third-order valence-electron chi connectivity index (χ3n) is 8.32. The lowest BCUT2D eigenvalue weighted by Crippen LogP contribution is -2.46. The first-order chi connectivity index (χ1) is 21.7. The summed E-state index contributed by atoms with van der Waals surface area (Å²) in [6, 6.07) is 11.5. The first kappa shape index (κ1) is 33.9. The zero-order valence-corrected chi connectivity index (χ0v) is 26.4. The van der Waals surface area contributed by atoms with Crippen LogP contribution in [0.1, 0.15) is 24.0 Å². The molecule has 1 saturated heterocycles. The number of amides is 1. The summed E-state index contributed by atoms with van der Waals surface area (Å²) < 4.78 is 106. The van der Waals surface area contributed by atoms with Gasteiger partial charge in [-0.05, 0) is 68.4 Å². The summed E-state index contributed by atoms with van der Waals surface area (Å²) in [6.45, 7) is 3.85. The Balaban J connectivity index is 1.60. The predicted octanol–water partition coefficient (Wildman–Crippen LogP) is 5.77. The van der Waals surface area contributed by atoms with Crippen molar-refractivity contribution in [1.29, 1.82) is 0 Å². The van der Waals surface area contributed by atoms with Gasteiger partial charge in [0.15, 0.2) is 0 Å². The van der Waals surface area contributed by atoms with Crippen molar-refractivity contribution in [1.82, 2.24) is 9.80 Å². The first-order valence-electron chi connectivity index (χ1n) is 14.3. The summed E-state index contributed by atoms with van der Waals surface area (Å²) in [4.78, 5) is 18.6. The number of ether oxygens (including phenoxy) is 2. The molecule has 0 saturated carbocycles. The maximum Gasteiger partial charge on any atom is 0.461 e.